The molecule has 1 saturated carbocycles. The predicted molar refractivity (Wildman–Crippen MR) is 90.6 cm³/mol. The molecule has 1 aliphatic carbocycles. The number of nitrogens with one attached hydrogen (secondary N) is 2. The minimum Gasteiger partial charge on any atom is -0.483 e. The van der Waals surface area contributed by atoms with Gasteiger partial charge in [-0.15, -0.1) is 0 Å². The second-order valence-corrected chi connectivity index (χ2v) is 6.92. The summed E-state index contributed by atoms with van der Waals surface area (Å²) in [7, 11) is 0. The second kappa shape index (κ2) is 6.74. The van der Waals surface area contributed by atoms with Crippen molar-refractivity contribution in [2.24, 2.45) is 5.92 Å². The highest BCUT2D eigenvalue weighted by molar-refractivity contribution is 6.08. The molecule has 1 aromatic rings. The molecule has 25 heavy (non-hydrogen) atoms. The van der Waals surface area contributed by atoms with Crippen molar-refractivity contribution in [3.05, 3.63) is 29.8 Å². The van der Waals surface area contributed by atoms with Gasteiger partial charge in [-0.2, -0.15) is 5.01 Å². The normalized spacial score (nSPS) is 25.8. The van der Waals surface area contributed by atoms with Crippen molar-refractivity contribution in [3.63, 3.8) is 0 Å². The number of nitrogens with zero attached hydrogens (tertiary/aromatic N) is 1. The molecule has 1 aromatic carbocycles. The average molecular weight is 345 g/mol. The predicted octanol–water partition coefficient (Wildman–Crippen LogP) is 1.91. The van der Waals surface area contributed by atoms with Gasteiger partial charge in [0.2, 0.25) is 0 Å². The molecule has 1 saturated heterocycles. The Balaban J connectivity index is 1.59. The van der Waals surface area contributed by atoms with Crippen LogP contribution >= 0.6 is 0 Å². The summed E-state index contributed by atoms with van der Waals surface area (Å²) in [5, 5.41) is 3.55. The third kappa shape index (κ3) is 3.45. The third-order valence-electron chi connectivity index (χ3n) is 4.98. The number of benzene rings is 1. The molecular weight excluding hydrogens is 322 g/mol. The summed E-state index contributed by atoms with van der Waals surface area (Å²) in [4.78, 5) is 36.9. The quantitative estimate of drug-likeness (QED) is 0.816. The Morgan fingerprint density at radius 1 is 1.32 bits per heavy atom. The lowest BCUT2D eigenvalue weighted by Gasteiger charge is -2.33. The van der Waals surface area contributed by atoms with Crippen LogP contribution in [0.5, 0.6) is 5.75 Å². The van der Waals surface area contributed by atoms with E-state index in [-0.39, 0.29) is 12.5 Å². The lowest BCUT2D eigenvalue weighted by Crippen LogP contribution is -2.52. The molecule has 2 N–H and O–H groups in total. The number of ether oxygens (including phenoxy) is 1. The monoisotopic (exact) mass is 345 g/mol. The molecule has 1 aliphatic heterocycles. The SMILES string of the molecule is Cc1ccccc1OCC(=O)NN1C(=O)NC2(CCC(C)CC2)C1=O. The molecule has 1 heterocycles. The summed E-state index contributed by atoms with van der Waals surface area (Å²) in [5.41, 5.74) is 2.39. The summed E-state index contributed by atoms with van der Waals surface area (Å²) >= 11 is 0. The molecule has 7 nitrogen and oxygen atoms in total. The number of carbonyl (C=O) groups excluding carboxylic acids is 3. The molecule has 0 bridgehead atoms. The van der Waals surface area contributed by atoms with Crippen molar-refractivity contribution >= 4 is 17.8 Å². The number of aryl methyl sites for hydroxylation is 1. The lowest BCUT2D eigenvalue weighted by atomic mass is 9.77. The van der Waals surface area contributed by atoms with Crippen molar-refractivity contribution < 1.29 is 19.1 Å². The van der Waals surface area contributed by atoms with Crippen LogP contribution in [-0.2, 0) is 9.59 Å². The molecule has 7 heteroatoms. The van der Waals surface area contributed by atoms with Gasteiger partial charge in [0, 0.05) is 0 Å². The molecule has 134 valence electrons. The molecule has 0 unspecified atom stereocenters. The molecule has 3 rings (SSSR count). The fraction of sp³-hybridized carbons (Fsp3) is 0.500. The number of imide groups is 1. The molecule has 1 spiro atoms. The Morgan fingerprint density at radius 2 is 2.00 bits per heavy atom. The molecule has 2 fully saturated rings. The van der Waals surface area contributed by atoms with Crippen LogP contribution < -0.4 is 15.5 Å². The Bertz CT molecular complexity index is 695. The lowest BCUT2D eigenvalue weighted by molar-refractivity contribution is -0.140. The maximum Gasteiger partial charge on any atom is 0.344 e. The van der Waals surface area contributed by atoms with E-state index >= 15 is 0 Å². The average Bonchev–Trinajstić information content (AvgIpc) is 2.81. The fourth-order valence-corrected chi connectivity index (χ4v) is 3.33. The van der Waals surface area contributed by atoms with E-state index < -0.39 is 17.5 Å². The van der Waals surface area contributed by atoms with Gasteiger partial charge >= 0.3 is 6.03 Å². The van der Waals surface area contributed by atoms with Gasteiger partial charge in [-0.3, -0.25) is 15.0 Å². The zero-order valence-electron chi connectivity index (χ0n) is 14.5. The van der Waals surface area contributed by atoms with Gasteiger partial charge in [-0.05, 0) is 50.2 Å². The van der Waals surface area contributed by atoms with Crippen LogP contribution in [0.1, 0.15) is 38.2 Å². The Labute approximate surface area is 146 Å². The number of hydrogen-bond donors (Lipinski definition) is 2. The van der Waals surface area contributed by atoms with E-state index in [2.05, 4.69) is 17.7 Å². The van der Waals surface area contributed by atoms with Crippen molar-refractivity contribution in [1.29, 1.82) is 0 Å². The maximum absolute atomic E-state index is 12.7. The van der Waals surface area contributed by atoms with Crippen LogP contribution in [0.2, 0.25) is 0 Å². The first kappa shape index (κ1) is 17.3. The number of carbonyl (C=O) groups is 3. The van der Waals surface area contributed by atoms with Gasteiger partial charge in [0.25, 0.3) is 11.8 Å². The first-order valence-corrected chi connectivity index (χ1v) is 8.56. The fourth-order valence-electron chi connectivity index (χ4n) is 3.33. The molecule has 0 atom stereocenters. The van der Waals surface area contributed by atoms with Crippen LogP contribution in [0.15, 0.2) is 24.3 Å². The van der Waals surface area contributed by atoms with Crippen LogP contribution in [0.4, 0.5) is 4.79 Å². The van der Waals surface area contributed by atoms with E-state index in [9.17, 15) is 14.4 Å². The number of amides is 4. The zero-order valence-corrected chi connectivity index (χ0v) is 14.5. The van der Waals surface area contributed by atoms with Crippen molar-refractivity contribution in [2.75, 3.05) is 6.61 Å². The van der Waals surface area contributed by atoms with Gasteiger partial charge in [-0.25, -0.2) is 4.79 Å². The van der Waals surface area contributed by atoms with E-state index in [4.69, 9.17) is 4.74 Å². The Morgan fingerprint density at radius 3 is 2.68 bits per heavy atom. The molecule has 4 amide bonds. The van der Waals surface area contributed by atoms with Gasteiger partial charge in [0.15, 0.2) is 6.61 Å². The highest BCUT2D eigenvalue weighted by Gasteiger charge is 2.52. The van der Waals surface area contributed by atoms with Gasteiger partial charge < -0.3 is 10.1 Å². The minimum atomic E-state index is -0.867. The number of para-hydroxylation sites is 1. The van der Waals surface area contributed by atoms with Crippen LogP contribution in [0.25, 0.3) is 0 Å². The summed E-state index contributed by atoms with van der Waals surface area (Å²) in [6, 6.07) is 6.74. The smallest absolute Gasteiger partial charge is 0.344 e. The third-order valence-corrected chi connectivity index (χ3v) is 4.98. The Hall–Kier alpha value is -2.57. The largest absolute Gasteiger partial charge is 0.483 e. The van der Waals surface area contributed by atoms with E-state index in [1.165, 1.54) is 0 Å². The van der Waals surface area contributed by atoms with E-state index in [1.54, 1.807) is 6.07 Å². The van der Waals surface area contributed by atoms with Crippen molar-refractivity contribution in [1.82, 2.24) is 15.8 Å². The van der Waals surface area contributed by atoms with E-state index in [1.807, 2.05) is 25.1 Å². The van der Waals surface area contributed by atoms with Crippen LogP contribution in [0, 0.1) is 12.8 Å². The van der Waals surface area contributed by atoms with Crippen LogP contribution in [-0.4, -0.2) is 35.0 Å². The highest BCUT2D eigenvalue weighted by Crippen LogP contribution is 2.35. The number of hydrazine groups is 1. The first-order chi connectivity index (χ1) is 11.9. The summed E-state index contributed by atoms with van der Waals surface area (Å²) in [6.07, 6.45) is 2.96. The van der Waals surface area contributed by atoms with E-state index in [0.29, 0.717) is 24.5 Å². The first-order valence-electron chi connectivity index (χ1n) is 8.56. The van der Waals surface area contributed by atoms with E-state index in [0.717, 1.165) is 23.4 Å². The topological polar surface area (TPSA) is 87.7 Å². The van der Waals surface area contributed by atoms with Crippen molar-refractivity contribution in [3.8, 4) is 5.75 Å². The highest BCUT2D eigenvalue weighted by atomic mass is 16.5. The molecule has 0 aromatic heterocycles. The molecule has 0 radical (unpaired) electrons. The number of rotatable bonds is 4. The van der Waals surface area contributed by atoms with Gasteiger partial charge in [0.05, 0.1) is 0 Å². The minimum absolute atomic E-state index is 0.272. The molecular formula is C18H23N3O4. The summed E-state index contributed by atoms with van der Waals surface area (Å²) in [5.74, 6) is 0.204. The van der Waals surface area contributed by atoms with Crippen LogP contribution in [0.3, 0.4) is 0 Å². The standard InChI is InChI=1S/C18H23N3O4/c1-12-7-9-18(10-8-12)16(23)21(17(24)19-18)20-15(22)11-25-14-6-4-3-5-13(14)2/h3-6,12H,7-11H2,1-2H3,(H,19,24)(H,20,22). The Kier molecular flexibility index (Phi) is 4.65. The molecule has 2 aliphatic rings. The number of hydrogen-bond acceptors (Lipinski definition) is 4. The number of urea groups is 1. The second-order valence-electron chi connectivity index (χ2n) is 6.92. The summed E-state index contributed by atoms with van der Waals surface area (Å²) < 4.78 is 5.45. The maximum atomic E-state index is 12.7. The van der Waals surface area contributed by atoms with Gasteiger partial charge in [0.1, 0.15) is 11.3 Å². The van der Waals surface area contributed by atoms with Gasteiger partial charge in [-0.1, -0.05) is 25.1 Å². The van der Waals surface area contributed by atoms with Crippen molar-refractivity contribution in [2.45, 2.75) is 45.1 Å². The zero-order chi connectivity index (χ0) is 18.0. The summed E-state index contributed by atoms with van der Waals surface area (Å²) in [6.45, 7) is 3.74.